The summed E-state index contributed by atoms with van der Waals surface area (Å²) in [5.41, 5.74) is 2.68. The molecule has 1 atom stereocenters. The number of aromatic amines is 1. The molecule has 1 saturated heterocycles. The van der Waals surface area contributed by atoms with Gasteiger partial charge >= 0.3 is 0 Å². The number of likely N-dealkylation sites (tertiary alicyclic amines) is 1. The highest BCUT2D eigenvalue weighted by Gasteiger charge is 2.40. The van der Waals surface area contributed by atoms with Crippen molar-refractivity contribution in [3.63, 3.8) is 0 Å². The summed E-state index contributed by atoms with van der Waals surface area (Å²) in [5.74, 6) is -0.157. The fourth-order valence-electron chi connectivity index (χ4n) is 4.11. The molecule has 2 heterocycles. The van der Waals surface area contributed by atoms with Crippen LogP contribution in [0.25, 0.3) is 0 Å². The molecule has 2 N–H and O–H groups in total. The van der Waals surface area contributed by atoms with Crippen molar-refractivity contribution in [2.75, 3.05) is 13.6 Å². The predicted molar refractivity (Wildman–Crippen MR) is 97.3 cm³/mol. The maximum atomic E-state index is 12.8. The van der Waals surface area contributed by atoms with Crippen molar-refractivity contribution in [3.05, 3.63) is 52.8 Å². The Morgan fingerprint density at radius 2 is 2.23 bits per heavy atom. The number of carbonyl (C=O) groups excluding carboxylic acids is 1. The van der Waals surface area contributed by atoms with Gasteiger partial charge in [0.1, 0.15) is 5.69 Å². The molecule has 0 spiro atoms. The first-order valence-corrected chi connectivity index (χ1v) is 9.20. The lowest BCUT2D eigenvalue weighted by Gasteiger charge is -2.43. The minimum atomic E-state index is -0.382. The topological polar surface area (TPSA) is 84.8 Å². The number of nitrogens with zero attached hydrogens (tertiary/aromatic N) is 3. The van der Waals surface area contributed by atoms with Crippen LogP contribution in [0.1, 0.15) is 65.5 Å². The minimum Gasteiger partial charge on any atom is -0.341 e. The standard InChI is InChI=1S/C20H23N5O/c1-25-10-3-7-18(25)16-12-17(24-23-16)19(26)22-20(8-4-9-20)15-6-2-5-14(11-15)13-21/h2,5-6,11-12,18H,3-4,7-10H2,1H3,(H,22,26)(H,23,24). The van der Waals surface area contributed by atoms with E-state index >= 15 is 0 Å². The summed E-state index contributed by atoms with van der Waals surface area (Å²) in [4.78, 5) is 15.1. The zero-order chi connectivity index (χ0) is 18.1. The molecule has 1 unspecified atom stereocenters. The second kappa shape index (κ2) is 6.58. The van der Waals surface area contributed by atoms with Crippen LogP contribution in [0.15, 0.2) is 30.3 Å². The highest BCUT2D eigenvalue weighted by molar-refractivity contribution is 5.93. The lowest BCUT2D eigenvalue weighted by molar-refractivity contribution is 0.0818. The number of aromatic nitrogens is 2. The maximum Gasteiger partial charge on any atom is 0.272 e. The molecule has 26 heavy (non-hydrogen) atoms. The SMILES string of the molecule is CN1CCCC1c1cc(C(=O)NC2(c3cccc(C#N)c3)CCC2)n[nH]1. The van der Waals surface area contributed by atoms with E-state index in [1.807, 2.05) is 24.3 Å². The largest absolute Gasteiger partial charge is 0.341 e. The first-order chi connectivity index (χ1) is 12.6. The molecule has 1 aromatic carbocycles. The second-order valence-corrected chi connectivity index (χ2v) is 7.43. The van der Waals surface area contributed by atoms with Gasteiger partial charge < -0.3 is 5.32 Å². The van der Waals surface area contributed by atoms with Crippen LogP contribution in [0.4, 0.5) is 0 Å². The van der Waals surface area contributed by atoms with Crippen LogP contribution in [0.3, 0.4) is 0 Å². The fourth-order valence-corrected chi connectivity index (χ4v) is 4.11. The Labute approximate surface area is 153 Å². The van der Waals surface area contributed by atoms with E-state index in [2.05, 4.69) is 33.5 Å². The first kappa shape index (κ1) is 16.8. The molecule has 1 saturated carbocycles. The maximum absolute atomic E-state index is 12.8. The average Bonchev–Trinajstić information content (AvgIpc) is 3.26. The lowest BCUT2D eigenvalue weighted by Crippen LogP contribution is -2.50. The quantitative estimate of drug-likeness (QED) is 0.889. The van der Waals surface area contributed by atoms with Crippen LogP contribution in [-0.2, 0) is 5.54 Å². The number of hydrogen-bond donors (Lipinski definition) is 2. The average molecular weight is 349 g/mol. The van der Waals surface area contributed by atoms with Crippen LogP contribution >= 0.6 is 0 Å². The normalized spacial score (nSPS) is 21.8. The highest BCUT2D eigenvalue weighted by Crippen LogP contribution is 2.41. The number of amides is 1. The fraction of sp³-hybridized carbons (Fsp3) is 0.450. The van der Waals surface area contributed by atoms with Gasteiger partial charge in [-0.2, -0.15) is 10.4 Å². The Morgan fingerprint density at radius 3 is 2.88 bits per heavy atom. The highest BCUT2D eigenvalue weighted by atomic mass is 16.2. The summed E-state index contributed by atoms with van der Waals surface area (Å²) in [6.07, 6.45) is 5.09. The summed E-state index contributed by atoms with van der Waals surface area (Å²) in [7, 11) is 2.10. The Morgan fingerprint density at radius 1 is 1.38 bits per heavy atom. The molecule has 0 radical (unpaired) electrons. The number of benzene rings is 1. The van der Waals surface area contributed by atoms with Gasteiger partial charge in [-0.15, -0.1) is 0 Å². The molecular weight excluding hydrogens is 326 g/mol. The van der Waals surface area contributed by atoms with Crippen molar-refractivity contribution < 1.29 is 4.79 Å². The Kier molecular flexibility index (Phi) is 4.25. The molecule has 1 aromatic heterocycles. The van der Waals surface area contributed by atoms with E-state index in [-0.39, 0.29) is 11.4 Å². The van der Waals surface area contributed by atoms with Crippen molar-refractivity contribution in [1.82, 2.24) is 20.4 Å². The Bertz CT molecular complexity index is 861. The van der Waals surface area contributed by atoms with E-state index in [9.17, 15) is 4.79 Å². The molecule has 4 rings (SSSR count). The van der Waals surface area contributed by atoms with Crippen LogP contribution < -0.4 is 5.32 Å². The predicted octanol–water partition coefficient (Wildman–Crippen LogP) is 2.86. The number of nitriles is 1. The van der Waals surface area contributed by atoms with Gasteiger partial charge in [0.25, 0.3) is 5.91 Å². The number of rotatable bonds is 4. The van der Waals surface area contributed by atoms with Crippen molar-refractivity contribution in [2.45, 2.75) is 43.7 Å². The Hall–Kier alpha value is -2.65. The van der Waals surface area contributed by atoms with E-state index in [1.165, 1.54) is 6.42 Å². The van der Waals surface area contributed by atoms with Gasteiger partial charge in [-0.1, -0.05) is 12.1 Å². The van der Waals surface area contributed by atoms with Gasteiger partial charge in [0.05, 0.1) is 28.9 Å². The number of H-pyrrole nitrogens is 1. The van der Waals surface area contributed by atoms with E-state index in [0.717, 1.165) is 43.5 Å². The summed E-state index contributed by atoms with van der Waals surface area (Å²) < 4.78 is 0. The number of nitrogens with one attached hydrogen (secondary N) is 2. The molecule has 1 amide bonds. The third-order valence-electron chi connectivity index (χ3n) is 5.81. The number of hydrogen-bond acceptors (Lipinski definition) is 4. The summed E-state index contributed by atoms with van der Waals surface area (Å²) in [6, 6.07) is 11.9. The molecule has 0 bridgehead atoms. The third-order valence-corrected chi connectivity index (χ3v) is 5.81. The van der Waals surface area contributed by atoms with E-state index in [1.54, 1.807) is 6.07 Å². The van der Waals surface area contributed by atoms with Gasteiger partial charge in [-0.25, -0.2) is 0 Å². The van der Waals surface area contributed by atoms with Crippen LogP contribution in [0, 0.1) is 11.3 Å². The van der Waals surface area contributed by atoms with Gasteiger partial charge in [0.15, 0.2) is 0 Å². The monoisotopic (exact) mass is 349 g/mol. The van der Waals surface area contributed by atoms with Gasteiger partial charge in [-0.3, -0.25) is 14.8 Å². The third kappa shape index (κ3) is 2.89. The molecule has 6 heteroatoms. The van der Waals surface area contributed by atoms with Crippen molar-refractivity contribution in [1.29, 1.82) is 5.26 Å². The van der Waals surface area contributed by atoms with E-state index in [4.69, 9.17) is 5.26 Å². The molecule has 6 nitrogen and oxygen atoms in total. The van der Waals surface area contributed by atoms with E-state index < -0.39 is 0 Å². The zero-order valence-corrected chi connectivity index (χ0v) is 15.0. The second-order valence-electron chi connectivity index (χ2n) is 7.43. The Balaban J connectivity index is 1.53. The van der Waals surface area contributed by atoms with Gasteiger partial charge in [-0.05, 0) is 69.5 Å². The van der Waals surface area contributed by atoms with Crippen molar-refractivity contribution in [3.8, 4) is 6.07 Å². The van der Waals surface area contributed by atoms with Gasteiger partial charge in [0, 0.05) is 0 Å². The van der Waals surface area contributed by atoms with Gasteiger partial charge in [0.2, 0.25) is 0 Å². The van der Waals surface area contributed by atoms with Crippen LogP contribution in [0.5, 0.6) is 0 Å². The van der Waals surface area contributed by atoms with Crippen LogP contribution in [-0.4, -0.2) is 34.6 Å². The molecule has 2 fully saturated rings. The smallest absolute Gasteiger partial charge is 0.272 e. The van der Waals surface area contributed by atoms with Crippen LogP contribution in [0.2, 0.25) is 0 Å². The summed E-state index contributed by atoms with van der Waals surface area (Å²) in [6.45, 7) is 1.07. The van der Waals surface area contributed by atoms with Crippen molar-refractivity contribution >= 4 is 5.91 Å². The molecule has 1 aliphatic carbocycles. The molecule has 1 aliphatic heterocycles. The van der Waals surface area contributed by atoms with E-state index in [0.29, 0.717) is 17.3 Å². The number of carbonyl (C=O) groups is 1. The summed E-state index contributed by atoms with van der Waals surface area (Å²) in [5, 5.41) is 19.6. The lowest BCUT2D eigenvalue weighted by atomic mass is 9.71. The molecule has 2 aromatic rings. The minimum absolute atomic E-state index is 0.157. The molecular formula is C20H23N5O. The molecule has 134 valence electrons. The summed E-state index contributed by atoms with van der Waals surface area (Å²) >= 11 is 0. The first-order valence-electron chi connectivity index (χ1n) is 9.20. The zero-order valence-electron chi connectivity index (χ0n) is 15.0. The molecule has 2 aliphatic rings. The van der Waals surface area contributed by atoms with Crippen molar-refractivity contribution in [2.24, 2.45) is 0 Å².